The summed E-state index contributed by atoms with van der Waals surface area (Å²) in [7, 11) is 1.81. The molecule has 3 heteroatoms. The fourth-order valence-electron chi connectivity index (χ4n) is 1.51. The number of nitrogens with one attached hydrogen (secondary N) is 1. The van der Waals surface area contributed by atoms with Crippen LogP contribution in [0.2, 0.25) is 0 Å². The third-order valence-corrected chi connectivity index (χ3v) is 2.34. The molecule has 0 aliphatic carbocycles. The van der Waals surface area contributed by atoms with E-state index in [0.29, 0.717) is 12.1 Å². The van der Waals surface area contributed by atoms with E-state index < -0.39 is 5.41 Å². The highest BCUT2D eigenvalue weighted by molar-refractivity contribution is 6.00. The van der Waals surface area contributed by atoms with Gasteiger partial charge in [0.1, 0.15) is 5.82 Å². The maximum absolute atomic E-state index is 12.7. The predicted molar refractivity (Wildman–Crippen MR) is 58.4 cm³/mol. The van der Waals surface area contributed by atoms with Crippen LogP contribution in [-0.2, 0) is 0 Å². The maximum Gasteiger partial charge on any atom is 0.169 e. The van der Waals surface area contributed by atoms with Gasteiger partial charge in [-0.3, -0.25) is 4.79 Å². The van der Waals surface area contributed by atoms with Gasteiger partial charge in [0.2, 0.25) is 0 Å². The van der Waals surface area contributed by atoms with Gasteiger partial charge < -0.3 is 5.32 Å². The molecule has 1 aromatic rings. The molecular formula is C12H16FNO. The highest BCUT2D eigenvalue weighted by Gasteiger charge is 2.27. The van der Waals surface area contributed by atoms with Crippen LogP contribution in [0.4, 0.5) is 4.39 Å². The fourth-order valence-corrected chi connectivity index (χ4v) is 1.51. The third-order valence-electron chi connectivity index (χ3n) is 2.34. The summed E-state index contributed by atoms with van der Waals surface area (Å²) in [6.45, 7) is 4.34. The molecule has 1 N–H and O–H groups in total. The van der Waals surface area contributed by atoms with Gasteiger partial charge in [-0.1, -0.05) is 13.8 Å². The van der Waals surface area contributed by atoms with E-state index in [0.717, 1.165) is 0 Å². The molecule has 0 atom stereocenters. The molecule has 0 fully saturated rings. The Morgan fingerprint density at radius 2 is 1.87 bits per heavy atom. The largest absolute Gasteiger partial charge is 0.319 e. The molecule has 1 rings (SSSR count). The van der Waals surface area contributed by atoms with Crippen LogP contribution in [0.5, 0.6) is 0 Å². The van der Waals surface area contributed by atoms with Crippen LogP contribution in [0.3, 0.4) is 0 Å². The van der Waals surface area contributed by atoms with E-state index in [1.54, 1.807) is 7.05 Å². The van der Waals surface area contributed by atoms with E-state index in [9.17, 15) is 9.18 Å². The maximum atomic E-state index is 12.7. The number of benzene rings is 1. The van der Waals surface area contributed by atoms with E-state index >= 15 is 0 Å². The van der Waals surface area contributed by atoms with Crippen LogP contribution in [-0.4, -0.2) is 19.4 Å². The number of carbonyl (C=O) groups is 1. The van der Waals surface area contributed by atoms with Gasteiger partial charge in [-0.05, 0) is 31.3 Å². The van der Waals surface area contributed by atoms with Gasteiger partial charge in [-0.15, -0.1) is 0 Å². The van der Waals surface area contributed by atoms with E-state index in [1.165, 1.54) is 24.3 Å². The van der Waals surface area contributed by atoms with Gasteiger partial charge in [0.25, 0.3) is 0 Å². The van der Waals surface area contributed by atoms with E-state index in [2.05, 4.69) is 5.32 Å². The molecule has 1 aromatic carbocycles. The first-order valence-corrected chi connectivity index (χ1v) is 4.92. The van der Waals surface area contributed by atoms with Crippen LogP contribution in [0.25, 0.3) is 0 Å². The minimum absolute atomic E-state index is 0.0249. The van der Waals surface area contributed by atoms with Crippen molar-refractivity contribution in [2.75, 3.05) is 13.6 Å². The second-order valence-corrected chi connectivity index (χ2v) is 4.25. The molecule has 0 aliphatic heterocycles. The first-order valence-electron chi connectivity index (χ1n) is 4.92. The van der Waals surface area contributed by atoms with Gasteiger partial charge in [0.05, 0.1) is 0 Å². The number of halogens is 1. The van der Waals surface area contributed by atoms with Crippen molar-refractivity contribution < 1.29 is 9.18 Å². The lowest BCUT2D eigenvalue weighted by Gasteiger charge is -2.22. The Labute approximate surface area is 89.5 Å². The smallest absolute Gasteiger partial charge is 0.169 e. The summed E-state index contributed by atoms with van der Waals surface area (Å²) in [6, 6.07) is 5.66. The van der Waals surface area contributed by atoms with Gasteiger partial charge in [0.15, 0.2) is 5.78 Å². The number of hydrogen-bond acceptors (Lipinski definition) is 2. The van der Waals surface area contributed by atoms with Gasteiger partial charge >= 0.3 is 0 Å². The summed E-state index contributed by atoms with van der Waals surface area (Å²) < 4.78 is 12.7. The number of Topliss-reactive ketones (excluding diaryl/α,β-unsaturated/α-hetero) is 1. The lowest BCUT2D eigenvalue weighted by Crippen LogP contribution is -2.34. The summed E-state index contributed by atoms with van der Waals surface area (Å²) in [4.78, 5) is 12.0. The molecule has 82 valence electrons. The normalized spacial score (nSPS) is 11.5. The molecule has 0 aromatic heterocycles. The minimum atomic E-state index is -0.466. The van der Waals surface area contributed by atoms with Crippen molar-refractivity contribution in [1.29, 1.82) is 0 Å². The summed E-state index contributed by atoms with van der Waals surface area (Å²) in [6.07, 6.45) is 0. The second-order valence-electron chi connectivity index (χ2n) is 4.25. The Balaban J connectivity index is 2.89. The van der Waals surface area contributed by atoms with Crippen molar-refractivity contribution in [2.24, 2.45) is 5.41 Å². The Kier molecular flexibility index (Phi) is 3.58. The van der Waals surface area contributed by atoms with Crippen molar-refractivity contribution in [3.8, 4) is 0 Å². The number of carbonyl (C=O) groups excluding carboxylic acids is 1. The molecule has 0 unspecified atom stereocenters. The Bertz CT molecular complexity index is 343. The molecule has 0 bridgehead atoms. The second kappa shape index (κ2) is 4.53. The van der Waals surface area contributed by atoms with E-state index in [-0.39, 0.29) is 11.6 Å². The van der Waals surface area contributed by atoms with Gasteiger partial charge in [0, 0.05) is 17.5 Å². The molecule has 0 amide bonds. The highest BCUT2D eigenvalue weighted by Crippen LogP contribution is 2.21. The Morgan fingerprint density at radius 1 is 1.33 bits per heavy atom. The van der Waals surface area contributed by atoms with Crippen molar-refractivity contribution >= 4 is 5.78 Å². The minimum Gasteiger partial charge on any atom is -0.319 e. The average molecular weight is 209 g/mol. The zero-order chi connectivity index (χ0) is 11.5. The number of ketones is 1. The van der Waals surface area contributed by atoms with Crippen molar-refractivity contribution in [3.05, 3.63) is 35.6 Å². The Hall–Kier alpha value is -1.22. The first-order chi connectivity index (χ1) is 6.97. The van der Waals surface area contributed by atoms with Crippen molar-refractivity contribution in [2.45, 2.75) is 13.8 Å². The van der Waals surface area contributed by atoms with Crippen LogP contribution in [0.1, 0.15) is 24.2 Å². The zero-order valence-electron chi connectivity index (χ0n) is 9.30. The molecule has 15 heavy (non-hydrogen) atoms. The third kappa shape index (κ3) is 2.86. The van der Waals surface area contributed by atoms with Crippen LogP contribution in [0.15, 0.2) is 24.3 Å². The summed E-state index contributed by atoms with van der Waals surface area (Å²) in [5.41, 5.74) is 0.0868. The van der Waals surface area contributed by atoms with E-state index in [4.69, 9.17) is 0 Å². The summed E-state index contributed by atoms with van der Waals surface area (Å²) in [5.74, 6) is -0.296. The number of hydrogen-bond donors (Lipinski definition) is 1. The van der Waals surface area contributed by atoms with Crippen LogP contribution in [0, 0.1) is 11.2 Å². The van der Waals surface area contributed by atoms with Crippen molar-refractivity contribution in [1.82, 2.24) is 5.32 Å². The fraction of sp³-hybridized carbons (Fsp3) is 0.417. The molecule has 0 heterocycles. The highest BCUT2D eigenvalue weighted by atomic mass is 19.1. The monoisotopic (exact) mass is 209 g/mol. The molecular weight excluding hydrogens is 193 g/mol. The molecule has 0 radical (unpaired) electrons. The summed E-state index contributed by atoms with van der Waals surface area (Å²) >= 11 is 0. The molecule has 0 saturated carbocycles. The van der Waals surface area contributed by atoms with Gasteiger partial charge in [-0.25, -0.2) is 4.39 Å². The first kappa shape index (κ1) is 11.9. The SMILES string of the molecule is CNCC(C)(C)C(=O)c1ccc(F)cc1. The van der Waals surface area contributed by atoms with Crippen LogP contribution < -0.4 is 5.32 Å². The molecule has 0 saturated heterocycles. The standard InChI is InChI=1S/C12H16FNO/c1-12(2,8-14-3)11(15)9-4-6-10(13)7-5-9/h4-7,14H,8H2,1-3H3. The van der Waals surface area contributed by atoms with Crippen LogP contribution >= 0.6 is 0 Å². The summed E-state index contributed by atoms with van der Waals surface area (Å²) in [5, 5.41) is 2.98. The quantitative estimate of drug-likeness (QED) is 0.771. The topological polar surface area (TPSA) is 29.1 Å². The Morgan fingerprint density at radius 3 is 2.33 bits per heavy atom. The number of rotatable bonds is 4. The lowest BCUT2D eigenvalue weighted by atomic mass is 9.84. The zero-order valence-corrected chi connectivity index (χ0v) is 9.30. The predicted octanol–water partition coefficient (Wildman–Crippen LogP) is 2.25. The van der Waals surface area contributed by atoms with Gasteiger partial charge in [-0.2, -0.15) is 0 Å². The molecule has 0 aliphatic rings. The van der Waals surface area contributed by atoms with Crippen molar-refractivity contribution in [3.63, 3.8) is 0 Å². The average Bonchev–Trinajstić information content (AvgIpc) is 2.18. The lowest BCUT2D eigenvalue weighted by molar-refractivity contribution is 0.0839. The molecule has 0 spiro atoms. The van der Waals surface area contributed by atoms with E-state index in [1.807, 2.05) is 13.8 Å². The molecule has 2 nitrogen and oxygen atoms in total.